The van der Waals surface area contributed by atoms with E-state index in [1.54, 1.807) is 36.4 Å². The highest BCUT2D eigenvalue weighted by atomic mass is 32.2. The van der Waals surface area contributed by atoms with Crippen LogP contribution in [0.5, 0.6) is 17.4 Å². The summed E-state index contributed by atoms with van der Waals surface area (Å²) in [6, 6.07) is 14.2. The molecule has 0 unspecified atom stereocenters. The van der Waals surface area contributed by atoms with Crippen molar-refractivity contribution in [2.45, 2.75) is 4.90 Å². The van der Waals surface area contributed by atoms with Crippen molar-refractivity contribution in [3.63, 3.8) is 0 Å². The molecule has 0 aliphatic carbocycles. The SMILES string of the molecule is COc1cc(Nc2ncnc3ccc(-c4cnc(OC)c(NS(=O)(=O)c5ccc(F)cc5F)c4)cc23)ccc1OCCO. The summed E-state index contributed by atoms with van der Waals surface area (Å²) in [5, 5.41) is 12.9. The van der Waals surface area contributed by atoms with Gasteiger partial charge >= 0.3 is 0 Å². The summed E-state index contributed by atoms with van der Waals surface area (Å²) in [5.74, 6) is -0.797. The van der Waals surface area contributed by atoms with Gasteiger partial charge in [0.25, 0.3) is 10.0 Å². The van der Waals surface area contributed by atoms with Gasteiger partial charge in [-0.2, -0.15) is 0 Å². The summed E-state index contributed by atoms with van der Waals surface area (Å²) < 4.78 is 71.9. The summed E-state index contributed by atoms with van der Waals surface area (Å²) in [6.45, 7) is -0.0166. The third-order valence-electron chi connectivity index (χ3n) is 6.22. The number of nitrogens with one attached hydrogen (secondary N) is 2. The molecule has 0 spiro atoms. The van der Waals surface area contributed by atoms with Gasteiger partial charge in [0.1, 0.15) is 41.0 Å². The van der Waals surface area contributed by atoms with Gasteiger partial charge in [0.05, 0.1) is 26.3 Å². The van der Waals surface area contributed by atoms with Crippen LogP contribution in [-0.4, -0.2) is 55.9 Å². The number of aliphatic hydroxyl groups excluding tert-OH is 1. The lowest BCUT2D eigenvalue weighted by atomic mass is 10.0. The van der Waals surface area contributed by atoms with Crippen LogP contribution in [0.2, 0.25) is 0 Å². The Morgan fingerprint density at radius 2 is 1.72 bits per heavy atom. The number of fused-ring (bicyclic) bond motifs is 1. The number of hydrogen-bond acceptors (Lipinski definition) is 10. The molecule has 5 aromatic rings. The lowest BCUT2D eigenvalue weighted by Gasteiger charge is -2.14. The predicted molar refractivity (Wildman–Crippen MR) is 155 cm³/mol. The Bertz CT molecular complexity index is 1910. The van der Waals surface area contributed by atoms with Crippen molar-refractivity contribution in [3.05, 3.63) is 84.8 Å². The molecule has 0 aliphatic heterocycles. The van der Waals surface area contributed by atoms with E-state index in [1.807, 2.05) is 0 Å². The molecule has 3 aromatic carbocycles. The Balaban J connectivity index is 1.49. The predicted octanol–water partition coefficient (Wildman–Crippen LogP) is 4.90. The topological polar surface area (TPSA) is 145 Å². The van der Waals surface area contributed by atoms with Crippen LogP contribution in [-0.2, 0) is 10.0 Å². The van der Waals surface area contributed by atoms with Crippen molar-refractivity contribution in [1.29, 1.82) is 0 Å². The number of halogens is 2. The summed E-state index contributed by atoms with van der Waals surface area (Å²) >= 11 is 0. The smallest absolute Gasteiger partial charge is 0.264 e. The van der Waals surface area contributed by atoms with E-state index in [1.165, 1.54) is 32.8 Å². The quantitative estimate of drug-likeness (QED) is 0.189. The zero-order valence-corrected chi connectivity index (χ0v) is 23.7. The first-order valence-electron chi connectivity index (χ1n) is 12.7. The number of methoxy groups -OCH3 is 2. The number of ether oxygens (including phenoxy) is 3. The average Bonchev–Trinajstić information content (AvgIpc) is 3.00. The van der Waals surface area contributed by atoms with Gasteiger partial charge < -0.3 is 24.6 Å². The molecule has 0 amide bonds. The van der Waals surface area contributed by atoms with Gasteiger partial charge in [-0.15, -0.1) is 0 Å². The number of rotatable bonds is 11. The van der Waals surface area contributed by atoms with Crippen LogP contribution in [0.25, 0.3) is 22.0 Å². The number of nitrogens with zero attached hydrogens (tertiary/aromatic N) is 3. The van der Waals surface area contributed by atoms with Gasteiger partial charge in [-0.25, -0.2) is 32.2 Å². The fraction of sp³-hybridized carbons (Fsp3) is 0.138. The Morgan fingerprint density at radius 1 is 0.884 bits per heavy atom. The van der Waals surface area contributed by atoms with E-state index in [0.29, 0.717) is 51.1 Å². The highest BCUT2D eigenvalue weighted by Crippen LogP contribution is 2.35. The first kappa shape index (κ1) is 29.4. The second-order valence-electron chi connectivity index (χ2n) is 8.98. The maximum absolute atomic E-state index is 14.3. The third-order valence-corrected chi connectivity index (χ3v) is 7.61. The third kappa shape index (κ3) is 6.39. The highest BCUT2D eigenvalue weighted by molar-refractivity contribution is 7.92. The van der Waals surface area contributed by atoms with Gasteiger partial charge in [0.2, 0.25) is 5.88 Å². The van der Waals surface area contributed by atoms with Gasteiger partial charge in [0.15, 0.2) is 11.5 Å². The molecule has 0 aliphatic rings. The van der Waals surface area contributed by atoms with Gasteiger partial charge in [-0.05, 0) is 48.0 Å². The molecule has 2 aromatic heterocycles. The lowest BCUT2D eigenvalue weighted by Crippen LogP contribution is -2.15. The molecule has 14 heteroatoms. The lowest BCUT2D eigenvalue weighted by molar-refractivity contribution is 0.196. The van der Waals surface area contributed by atoms with E-state index in [-0.39, 0.29) is 24.8 Å². The zero-order valence-electron chi connectivity index (χ0n) is 22.8. The summed E-state index contributed by atoms with van der Waals surface area (Å²) in [6.07, 6.45) is 2.90. The Kier molecular flexibility index (Phi) is 8.50. The first-order valence-corrected chi connectivity index (χ1v) is 14.2. The highest BCUT2D eigenvalue weighted by Gasteiger charge is 2.22. The molecule has 0 bridgehead atoms. The van der Waals surface area contributed by atoms with Crippen LogP contribution in [0.3, 0.4) is 0 Å². The normalized spacial score (nSPS) is 11.3. The molecule has 3 N–H and O–H groups in total. The van der Waals surface area contributed by atoms with Crippen molar-refractivity contribution in [2.75, 3.05) is 37.5 Å². The van der Waals surface area contributed by atoms with E-state index >= 15 is 0 Å². The average molecular weight is 610 g/mol. The molecule has 43 heavy (non-hydrogen) atoms. The van der Waals surface area contributed by atoms with E-state index in [9.17, 15) is 17.2 Å². The van der Waals surface area contributed by atoms with Gasteiger partial charge in [0, 0.05) is 35.0 Å². The number of hydrogen-bond donors (Lipinski definition) is 3. The second-order valence-corrected chi connectivity index (χ2v) is 10.6. The number of aliphatic hydroxyl groups is 1. The summed E-state index contributed by atoms with van der Waals surface area (Å²) in [5.41, 5.74) is 2.36. The van der Waals surface area contributed by atoms with E-state index in [0.717, 1.165) is 12.1 Å². The monoisotopic (exact) mass is 609 g/mol. The fourth-order valence-electron chi connectivity index (χ4n) is 4.23. The number of benzene rings is 3. The number of aromatic nitrogens is 3. The maximum atomic E-state index is 14.3. The van der Waals surface area contributed by atoms with Gasteiger partial charge in [-0.3, -0.25) is 4.72 Å². The van der Waals surface area contributed by atoms with E-state index < -0.39 is 26.6 Å². The molecule has 0 saturated carbocycles. The van der Waals surface area contributed by atoms with Crippen molar-refractivity contribution in [2.24, 2.45) is 0 Å². The van der Waals surface area contributed by atoms with Crippen molar-refractivity contribution < 1.29 is 36.5 Å². The van der Waals surface area contributed by atoms with E-state index in [2.05, 4.69) is 25.0 Å². The van der Waals surface area contributed by atoms with Crippen LogP contribution >= 0.6 is 0 Å². The minimum absolute atomic E-state index is 0.0536. The molecule has 5 rings (SSSR count). The molecule has 222 valence electrons. The molecular weight excluding hydrogens is 584 g/mol. The van der Waals surface area contributed by atoms with Crippen molar-refractivity contribution in [1.82, 2.24) is 15.0 Å². The van der Waals surface area contributed by atoms with Crippen molar-refractivity contribution >= 4 is 38.1 Å². The Labute approximate surface area is 245 Å². The Morgan fingerprint density at radius 3 is 2.47 bits per heavy atom. The minimum Gasteiger partial charge on any atom is -0.493 e. The van der Waals surface area contributed by atoms with Crippen LogP contribution in [0.1, 0.15) is 0 Å². The van der Waals surface area contributed by atoms with Crippen molar-refractivity contribution in [3.8, 4) is 28.5 Å². The summed E-state index contributed by atoms with van der Waals surface area (Å²) in [4.78, 5) is 12.2. The van der Waals surface area contributed by atoms with Crippen LogP contribution in [0.15, 0.2) is 78.1 Å². The molecule has 0 fully saturated rings. The fourth-order valence-corrected chi connectivity index (χ4v) is 5.34. The number of sulfonamides is 1. The molecule has 0 atom stereocenters. The largest absolute Gasteiger partial charge is 0.493 e. The standard InChI is InChI=1S/C29H25F2N5O6S/c1-40-26-14-20(5-7-25(26)42-10-9-37)35-28-21-11-17(3-6-23(21)33-16-34-28)18-12-24(29(41-2)32-15-18)36-43(38,39)27-8-4-19(30)13-22(27)31/h3-8,11-16,36-37H,9-10H2,1-2H3,(H,33,34,35). The molecule has 0 radical (unpaired) electrons. The number of pyridine rings is 1. The molecular formula is C29H25F2N5O6S. The molecule has 11 nitrogen and oxygen atoms in total. The van der Waals surface area contributed by atoms with Crippen LogP contribution in [0.4, 0.5) is 26.0 Å². The zero-order chi connectivity index (χ0) is 30.6. The first-order chi connectivity index (χ1) is 20.7. The van der Waals surface area contributed by atoms with E-state index in [4.69, 9.17) is 19.3 Å². The van der Waals surface area contributed by atoms with Crippen LogP contribution in [0, 0.1) is 11.6 Å². The van der Waals surface area contributed by atoms with Gasteiger partial charge in [-0.1, -0.05) is 6.07 Å². The number of anilines is 3. The summed E-state index contributed by atoms with van der Waals surface area (Å²) in [7, 11) is -1.64. The molecule has 0 saturated heterocycles. The maximum Gasteiger partial charge on any atom is 0.264 e. The minimum atomic E-state index is -4.46. The second kappa shape index (κ2) is 12.4. The Hall–Kier alpha value is -5.08. The molecule has 2 heterocycles. The van der Waals surface area contributed by atoms with Crippen LogP contribution < -0.4 is 24.2 Å².